The molecule has 0 saturated heterocycles. The molecular weight excluding hydrogens is 222 g/mol. The number of unbranched alkanes of at least 4 members (excludes halogenated alkanes) is 2. The van der Waals surface area contributed by atoms with Gasteiger partial charge in [0.15, 0.2) is 5.96 Å². The lowest BCUT2D eigenvalue weighted by Gasteiger charge is -2.23. The topological polar surface area (TPSA) is 41.6 Å². The van der Waals surface area contributed by atoms with Gasteiger partial charge in [-0.25, -0.2) is 4.99 Å². The average Bonchev–Trinajstić information content (AvgIpc) is 2.40. The van der Waals surface area contributed by atoms with Gasteiger partial charge in [-0.15, -0.1) is 0 Å². The van der Waals surface area contributed by atoms with E-state index in [1.807, 2.05) is 30.3 Å². The lowest BCUT2D eigenvalue weighted by molar-refractivity contribution is 0.394. The third-order valence-corrected chi connectivity index (χ3v) is 2.89. The maximum absolute atomic E-state index is 6.11. The van der Waals surface area contributed by atoms with E-state index >= 15 is 0 Å². The summed E-state index contributed by atoms with van der Waals surface area (Å²) in [5.74, 6) is 0.642. The van der Waals surface area contributed by atoms with E-state index in [4.69, 9.17) is 5.73 Å². The molecule has 3 heteroatoms. The molecule has 0 aromatic heterocycles. The molecule has 0 saturated carbocycles. The number of rotatable bonds is 7. The van der Waals surface area contributed by atoms with Gasteiger partial charge in [0.1, 0.15) is 0 Å². The van der Waals surface area contributed by atoms with Crippen molar-refractivity contribution in [2.75, 3.05) is 13.1 Å². The van der Waals surface area contributed by atoms with E-state index in [9.17, 15) is 0 Å². The fourth-order valence-corrected chi connectivity index (χ4v) is 1.74. The Morgan fingerprint density at radius 1 is 1.06 bits per heavy atom. The monoisotopic (exact) mass is 247 g/mol. The predicted octanol–water partition coefficient (Wildman–Crippen LogP) is 3.54. The van der Waals surface area contributed by atoms with Crippen molar-refractivity contribution >= 4 is 11.6 Å². The van der Waals surface area contributed by atoms with Crippen LogP contribution in [-0.4, -0.2) is 23.9 Å². The van der Waals surface area contributed by atoms with E-state index in [1.165, 1.54) is 12.8 Å². The molecule has 3 nitrogen and oxygen atoms in total. The molecule has 0 amide bonds. The minimum Gasteiger partial charge on any atom is -0.369 e. The SMILES string of the molecule is CCCCN(CCCC)C(N)=Nc1ccccc1. The highest BCUT2D eigenvalue weighted by molar-refractivity contribution is 5.81. The van der Waals surface area contributed by atoms with E-state index in [0.29, 0.717) is 5.96 Å². The van der Waals surface area contributed by atoms with Crippen LogP contribution in [0.3, 0.4) is 0 Å². The lowest BCUT2D eigenvalue weighted by Crippen LogP contribution is -2.38. The van der Waals surface area contributed by atoms with Crippen molar-refractivity contribution in [2.24, 2.45) is 10.7 Å². The summed E-state index contributed by atoms with van der Waals surface area (Å²) in [6.07, 6.45) is 4.69. The van der Waals surface area contributed by atoms with Crippen LogP contribution in [0.25, 0.3) is 0 Å². The van der Waals surface area contributed by atoms with E-state index in [1.54, 1.807) is 0 Å². The summed E-state index contributed by atoms with van der Waals surface area (Å²) in [4.78, 5) is 6.68. The molecule has 0 fully saturated rings. The van der Waals surface area contributed by atoms with E-state index in [0.717, 1.165) is 31.6 Å². The number of hydrogen-bond acceptors (Lipinski definition) is 1. The second-order valence-corrected chi connectivity index (χ2v) is 4.50. The van der Waals surface area contributed by atoms with Crippen molar-refractivity contribution in [3.05, 3.63) is 30.3 Å². The van der Waals surface area contributed by atoms with Crippen LogP contribution in [-0.2, 0) is 0 Å². The second kappa shape index (κ2) is 8.56. The van der Waals surface area contributed by atoms with Gasteiger partial charge in [-0.05, 0) is 25.0 Å². The first-order chi connectivity index (χ1) is 8.77. The quantitative estimate of drug-likeness (QED) is 0.591. The zero-order valence-corrected chi connectivity index (χ0v) is 11.6. The van der Waals surface area contributed by atoms with Crippen LogP contribution in [0.2, 0.25) is 0 Å². The molecule has 0 bridgehead atoms. The maximum Gasteiger partial charge on any atom is 0.196 e. The molecule has 0 spiro atoms. The van der Waals surface area contributed by atoms with E-state index in [-0.39, 0.29) is 0 Å². The van der Waals surface area contributed by atoms with Crippen LogP contribution >= 0.6 is 0 Å². The van der Waals surface area contributed by atoms with Crippen LogP contribution in [0.1, 0.15) is 39.5 Å². The normalized spacial score (nSPS) is 11.6. The van der Waals surface area contributed by atoms with E-state index in [2.05, 4.69) is 23.7 Å². The van der Waals surface area contributed by atoms with Crippen LogP contribution < -0.4 is 5.73 Å². The molecule has 1 aromatic carbocycles. The highest BCUT2D eigenvalue weighted by Gasteiger charge is 2.06. The third-order valence-electron chi connectivity index (χ3n) is 2.89. The molecule has 1 aromatic rings. The van der Waals surface area contributed by atoms with Crippen molar-refractivity contribution < 1.29 is 0 Å². The largest absolute Gasteiger partial charge is 0.369 e. The molecule has 18 heavy (non-hydrogen) atoms. The summed E-state index contributed by atoms with van der Waals surface area (Å²) in [6.45, 7) is 6.39. The van der Waals surface area contributed by atoms with Crippen molar-refractivity contribution in [3.8, 4) is 0 Å². The van der Waals surface area contributed by atoms with Gasteiger partial charge < -0.3 is 10.6 Å². The van der Waals surface area contributed by atoms with Gasteiger partial charge in [0.25, 0.3) is 0 Å². The predicted molar refractivity (Wildman–Crippen MR) is 79.1 cm³/mol. The number of aliphatic imine (C=N–C) groups is 1. The zero-order valence-electron chi connectivity index (χ0n) is 11.6. The molecule has 0 aliphatic heterocycles. The highest BCUT2D eigenvalue weighted by atomic mass is 15.2. The van der Waals surface area contributed by atoms with E-state index < -0.39 is 0 Å². The molecule has 2 N–H and O–H groups in total. The van der Waals surface area contributed by atoms with Crippen molar-refractivity contribution in [2.45, 2.75) is 39.5 Å². The van der Waals surface area contributed by atoms with Gasteiger partial charge in [-0.1, -0.05) is 44.9 Å². The van der Waals surface area contributed by atoms with Crippen molar-refractivity contribution in [1.82, 2.24) is 4.90 Å². The maximum atomic E-state index is 6.11. The molecule has 0 aliphatic carbocycles. The van der Waals surface area contributed by atoms with Gasteiger partial charge >= 0.3 is 0 Å². The van der Waals surface area contributed by atoms with Gasteiger partial charge in [0.05, 0.1) is 5.69 Å². The Hall–Kier alpha value is -1.51. The number of benzene rings is 1. The zero-order chi connectivity index (χ0) is 13.2. The Balaban J connectivity index is 2.67. The first-order valence-electron chi connectivity index (χ1n) is 6.92. The number of nitrogens with zero attached hydrogens (tertiary/aromatic N) is 2. The summed E-state index contributed by atoms with van der Waals surface area (Å²) in [5, 5.41) is 0. The first-order valence-corrected chi connectivity index (χ1v) is 6.92. The standard InChI is InChI=1S/C15H25N3/c1-3-5-12-18(13-6-4-2)15(16)17-14-10-8-7-9-11-14/h7-11H,3-6,12-13H2,1-2H3,(H2,16,17). The Kier molecular flexibility index (Phi) is 6.92. The molecule has 0 radical (unpaired) electrons. The average molecular weight is 247 g/mol. The van der Waals surface area contributed by atoms with Crippen LogP contribution in [0.4, 0.5) is 5.69 Å². The summed E-state index contributed by atoms with van der Waals surface area (Å²) < 4.78 is 0. The summed E-state index contributed by atoms with van der Waals surface area (Å²) >= 11 is 0. The van der Waals surface area contributed by atoms with Gasteiger partial charge in [0, 0.05) is 13.1 Å². The number of hydrogen-bond donors (Lipinski definition) is 1. The van der Waals surface area contributed by atoms with Gasteiger partial charge in [-0.3, -0.25) is 0 Å². The fourth-order valence-electron chi connectivity index (χ4n) is 1.74. The van der Waals surface area contributed by atoms with Crippen LogP contribution in [0.15, 0.2) is 35.3 Å². The van der Waals surface area contributed by atoms with Crippen molar-refractivity contribution in [3.63, 3.8) is 0 Å². The number of para-hydroxylation sites is 1. The molecule has 0 heterocycles. The van der Waals surface area contributed by atoms with Crippen LogP contribution in [0, 0.1) is 0 Å². The second-order valence-electron chi connectivity index (χ2n) is 4.50. The number of nitrogens with two attached hydrogens (primary N) is 1. The summed E-state index contributed by atoms with van der Waals surface area (Å²) in [6, 6.07) is 9.90. The number of guanidine groups is 1. The summed E-state index contributed by atoms with van der Waals surface area (Å²) in [7, 11) is 0. The highest BCUT2D eigenvalue weighted by Crippen LogP contribution is 2.10. The van der Waals surface area contributed by atoms with Crippen LogP contribution in [0.5, 0.6) is 0 Å². The van der Waals surface area contributed by atoms with Crippen molar-refractivity contribution in [1.29, 1.82) is 0 Å². The Morgan fingerprint density at radius 2 is 1.61 bits per heavy atom. The van der Waals surface area contributed by atoms with Gasteiger partial charge in [0.2, 0.25) is 0 Å². The molecule has 0 aliphatic rings. The Labute approximate surface area is 111 Å². The Bertz CT molecular complexity index is 338. The fraction of sp³-hybridized carbons (Fsp3) is 0.533. The molecule has 0 unspecified atom stereocenters. The minimum absolute atomic E-state index is 0.642. The Morgan fingerprint density at radius 3 is 2.11 bits per heavy atom. The molecule has 100 valence electrons. The smallest absolute Gasteiger partial charge is 0.196 e. The minimum atomic E-state index is 0.642. The molecule has 1 rings (SSSR count). The van der Waals surface area contributed by atoms with Gasteiger partial charge in [-0.2, -0.15) is 0 Å². The molecule has 0 atom stereocenters. The molecular formula is C15H25N3. The third kappa shape index (κ3) is 5.21. The first kappa shape index (κ1) is 14.6. The lowest BCUT2D eigenvalue weighted by atomic mass is 10.3. The summed E-state index contributed by atoms with van der Waals surface area (Å²) in [5.41, 5.74) is 7.03.